The Balaban J connectivity index is 0.000000150. The van der Waals surface area contributed by atoms with Crippen molar-refractivity contribution in [2.24, 2.45) is 28.7 Å². The number of alkyl carbamates (subject to hydrolysis) is 1. The molecule has 8 atom stereocenters. The second-order valence-electron chi connectivity index (χ2n) is 32.6. The number of hydrogen-bond donors (Lipinski definition) is 16. The fourth-order valence-electron chi connectivity index (χ4n) is 14.9. The first-order valence-electron chi connectivity index (χ1n) is 43.7. The molecule has 4 saturated carbocycles. The van der Waals surface area contributed by atoms with Gasteiger partial charge in [-0.2, -0.15) is 35.4 Å². The van der Waals surface area contributed by atoms with E-state index >= 15 is 0 Å². The lowest BCUT2D eigenvalue weighted by atomic mass is 9.90. The molecule has 0 radical (unpaired) electrons. The Labute approximate surface area is 791 Å². The highest BCUT2D eigenvalue weighted by molar-refractivity contribution is 6.31. The molecule has 41 nitrogen and oxygen atoms in total. The topological polar surface area (TPSA) is 647 Å². The fourth-order valence-corrected chi connectivity index (χ4v) is 15.3. The van der Waals surface area contributed by atoms with Crippen LogP contribution in [0.2, 0.25) is 10.4 Å². The first-order chi connectivity index (χ1) is 65.9. The summed E-state index contributed by atoms with van der Waals surface area (Å²) in [4.78, 5) is 73.0. The maximum atomic E-state index is 12.0. The number of benzene rings is 5. The van der Waals surface area contributed by atoms with Crippen LogP contribution in [0.15, 0.2) is 223 Å². The lowest BCUT2D eigenvalue weighted by molar-refractivity contribution is -0.176. The van der Waals surface area contributed by atoms with E-state index in [1.54, 1.807) is 43.0 Å². The molecule has 4 aliphatic carbocycles. The van der Waals surface area contributed by atoms with Crippen molar-refractivity contribution >= 4 is 105 Å². The molecule has 136 heavy (non-hydrogen) atoms. The maximum Gasteiger partial charge on any atom is 0.407 e. The summed E-state index contributed by atoms with van der Waals surface area (Å²) in [6.45, 7) is 5.52. The predicted molar refractivity (Wildman–Crippen MR) is 512 cm³/mol. The van der Waals surface area contributed by atoms with Gasteiger partial charge in [0.25, 0.3) is 11.8 Å². The summed E-state index contributed by atoms with van der Waals surface area (Å²) in [5.41, 5.74) is 43.5. The van der Waals surface area contributed by atoms with Crippen LogP contribution in [0.4, 0.5) is 68.7 Å². The summed E-state index contributed by atoms with van der Waals surface area (Å²) >= 11 is 11.5. The number of anilines is 11. The third-order valence-electron chi connectivity index (χ3n) is 21.5. The molecule has 706 valence electrons. The first kappa shape index (κ1) is 99.4. The molecule has 3 amide bonds. The summed E-state index contributed by atoms with van der Waals surface area (Å²) in [7, 11) is 0. The standard InChI is InChI=1S/2C20H23N7O2.C20H21N7O.C17H23ClN4O2.C8H5ClN2O.C8H7N3O.H2O2/c2*21-14-8-4-5-9-15(14)24-13-10-16(17(18(22)28)23-11-13)25-20-26-19(27-29-20)12-6-2-1-3-7-12;21-11-18-17(10-14(12-23-18)24-16-9-5-4-8-15(16)22)25-20-26-19(27-28-20)13-6-2-1-3-7-13;1-17(2,3)24-16(23)22-14-7-5-4-6-13(14)21-11-8-12(18)15(9-19)20-10-11;2*9-8-10-7(11-12-8)6-4-2-1-3-5-6;1-2/h2*1-3,6-7,10-11,14-15,24H,4-5,8-9,21H2,(H2,22,28)(H,25,26,27);1-3,6-7,10,12,15-16,24H,4-5,8-9,22H2,(H,25,26,27);8,10,13-14,21H,4-7H2,1-3H3,(H,22,23);1-5H;1-5H,(H2,9,10,11);1-2H/t2*14-,15+;15-,16+;13-,14+;;;/m0001.../s1. The maximum absolute atomic E-state index is 12.0. The number of carbonyl (C=O) groups excluding carboxylic acids is 3. The van der Waals surface area contributed by atoms with Gasteiger partial charge < -0.3 is 104 Å². The monoisotopic (exact) mass is 1890 g/mol. The van der Waals surface area contributed by atoms with Gasteiger partial charge in [0.1, 0.15) is 17.7 Å². The highest BCUT2D eigenvalue weighted by Crippen LogP contribution is 2.34. The van der Waals surface area contributed by atoms with Crippen LogP contribution in [0.1, 0.15) is 156 Å². The third-order valence-corrected chi connectivity index (χ3v) is 22.0. The number of pyridine rings is 4. The molecule has 18 rings (SSSR count). The van der Waals surface area contributed by atoms with Gasteiger partial charge in [-0.25, -0.2) is 24.7 Å². The molecule has 9 aromatic heterocycles. The number of nitrogens with zero attached hydrogens (tertiary/aromatic N) is 16. The number of primary amides is 2. The van der Waals surface area contributed by atoms with Crippen molar-refractivity contribution in [1.29, 1.82) is 10.5 Å². The predicted octanol–water partition coefficient (Wildman–Crippen LogP) is 16.3. The van der Waals surface area contributed by atoms with Gasteiger partial charge in [0.2, 0.25) is 29.1 Å². The molecule has 0 bridgehead atoms. The normalized spacial score (nSPS) is 17.5. The molecule has 9 heterocycles. The van der Waals surface area contributed by atoms with Crippen molar-refractivity contribution in [3.05, 3.63) is 234 Å². The summed E-state index contributed by atoms with van der Waals surface area (Å²) in [5, 5.41) is 75.4. The molecule has 0 aliphatic heterocycles. The largest absolute Gasteiger partial charge is 0.444 e. The lowest BCUT2D eigenvalue weighted by Crippen LogP contribution is -2.49. The SMILES string of the molecule is CC(C)(C)OC(=O)N[C@H]1CCCC[C@H]1Nc1cnc(C#N)c(Cl)c1.Clc1nc(-c2ccccc2)no1.N#Cc1ncc(N[C@@H]2CCCC[C@@H]2N)cc1Nc1nc(-c2ccccc2)no1.NC(=O)c1ncc(N[C@@H]2CCCC[C@@H]2N)cc1Nc1nc(-c2ccccc2)no1.NC(=O)c1ncc(N[C@@H]2CCCC[C@@H]2N)cc1Nc1nc(-c2ccccc2)no1.Nc1nc(-c2ccccc2)no1.OO. The molecular weight excluding hydrogens is 1780 g/mol. The van der Waals surface area contributed by atoms with E-state index in [2.05, 4.69) is 128 Å². The Morgan fingerprint density at radius 2 is 0.713 bits per heavy atom. The van der Waals surface area contributed by atoms with Gasteiger partial charge in [-0.15, -0.1) is 0 Å². The minimum absolute atomic E-state index is 0.0250. The minimum atomic E-state index is -0.656. The summed E-state index contributed by atoms with van der Waals surface area (Å²) < 4.78 is 30.4. The van der Waals surface area contributed by atoms with Crippen molar-refractivity contribution in [1.82, 2.24) is 76.0 Å². The second-order valence-corrected chi connectivity index (χ2v) is 33.3. The zero-order valence-corrected chi connectivity index (χ0v) is 75.9. The van der Waals surface area contributed by atoms with E-state index in [1.165, 1.54) is 6.42 Å². The number of halogens is 2. The fraction of sp³-hybridized carbons (Fsp3) is 0.301. The van der Waals surface area contributed by atoms with Crippen molar-refractivity contribution in [3.63, 3.8) is 0 Å². The van der Waals surface area contributed by atoms with Gasteiger partial charge >= 0.3 is 35.5 Å². The quantitative estimate of drug-likeness (QED) is 0.0221. The zero-order valence-electron chi connectivity index (χ0n) is 74.4. The molecule has 5 aromatic carbocycles. The van der Waals surface area contributed by atoms with E-state index < -0.39 is 23.5 Å². The molecule has 0 unspecified atom stereocenters. The number of amides is 3. The van der Waals surface area contributed by atoms with Gasteiger partial charge in [0.05, 0.1) is 75.7 Å². The number of rotatable bonds is 22. The average Bonchev–Trinajstić information content (AvgIpc) is 1.44. The van der Waals surface area contributed by atoms with Crippen LogP contribution in [0, 0.1) is 22.7 Å². The molecule has 0 saturated heterocycles. The third kappa shape index (κ3) is 29.7. The van der Waals surface area contributed by atoms with E-state index in [9.17, 15) is 19.6 Å². The van der Waals surface area contributed by atoms with Crippen molar-refractivity contribution in [2.75, 3.05) is 43.0 Å². The van der Waals surface area contributed by atoms with Crippen molar-refractivity contribution in [2.45, 2.75) is 177 Å². The van der Waals surface area contributed by atoms with Crippen LogP contribution in [0.25, 0.3) is 56.9 Å². The van der Waals surface area contributed by atoms with E-state index in [0.717, 1.165) is 147 Å². The first-order valence-corrected chi connectivity index (χ1v) is 44.4. The van der Waals surface area contributed by atoms with E-state index in [0.29, 0.717) is 51.2 Å². The van der Waals surface area contributed by atoms with Crippen molar-refractivity contribution in [3.8, 4) is 69.1 Å². The molecule has 22 N–H and O–H groups in total. The Morgan fingerprint density at radius 3 is 1.05 bits per heavy atom. The lowest BCUT2D eigenvalue weighted by Gasteiger charge is -2.34. The molecular formula is C93H104Cl2N30O11. The zero-order chi connectivity index (χ0) is 96.3. The van der Waals surface area contributed by atoms with Gasteiger partial charge in [0.15, 0.2) is 22.8 Å². The van der Waals surface area contributed by atoms with Crippen LogP contribution in [0.3, 0.4) is 0 Å². The smallest absolute Gasteiger partial charge is 0.407 e. The number of hydrogen-bond acceptors (Lipinski definition) is 38. The molecule has 4 fully saturated rings. The molecule has 43 heteroatoms. The van der Waals surface area contributed by atoms with Crippen molar-refractivity contribution < 1.29 is 52.3 Å². The van der Waals surface area contributed by atoms with E-state index in [1.807, 2.05) is 185 Å². The van der Waals surface area contributed by atoms with Crippen LogP contribution in [0.5, 0.6) is 0 Å². The number of nitriles is 2. The summed E-state index contributed by atoms with van der Waals surface area (Å²) in [6.07, 6.45) is 22.8. The highest BCUT2D eigenvalue weighted by atomic mass is 35.5. The van der Waals surface area contributed by atoms with E-state index in [4.69, 9.17) is 91.7 Å². The Morgan fingerprint density at radius 1 is 0.404 bits per heavy atom. The molecule has 4 aliphatic rings. The van der Waals surface area contributed by atoms with Gasteiger partial charge in [-0.1, -0.05) is 240 Å². The van der Waals surface area contributed by atoms with Gasteiger partial charge in [0, 0.05) is 70.1 Å². The number of ether oxygens (including phenoxy) is 1. The second kappa shape index (κ2) is 49.7. The number of aromatic nitrogens is 14. The van der Waals surface area contributed by atoms with Gasteiger partial charge in [-0.05, 0) is 108 Å². The van der Waals surface area contributed by atoms with Gasteiger partial charge in [-0.3, -0.25) is 20.1 Å². The highest BCUT2D eigenvalue weighted by Gasteiger charge is 2.31. The number of carbonyl (C=O) groups is 3. The molecule has 14 aromatic rings. The van der Waals surface area contributed by atoms with E-state index in [-0.39, 0.29) is 101 Å². The Hall–Kier alpha value is -15.6. The van der Waals surface area contributed by atoms with Crippen LogP contribution in [-0.2, 0) is 4.74 Å². The Bertz CT molecular complexity index is 5990. The van der Waals surface area contributed by atoms with Crippen LogP contribution < -0.4 is 76.9 Å². The average molecular weight is 1890 g/mol. The number of nitrogens with two attached hydrogens (primary N) is 6. The Kier molecular flexibility index (Phi) is 36.3. The molecule has 0 spiro atoms. The van der Waals surface area contributed by atoms with Crippen LogP contribution >= 0.6 is 23.2 Å². The summed E-state index contributed by atoms with van der Waals surface area (Å²) in [5.74, 6) is 1.06. The summed E-state index contributed by atoms with van der Waals surface area (Å²) in [6, 6.07) is 59.9. The van der Waals surface area contributed by atoms with Crippen LogP contribution in [-0.4, -0.2) is 153 Å². The number of nitrogens with one attached hydrogen (secondary N) is 8. The number of nitrogen functional groups attached to an aromatic ring is 1. The minimum Gasteiger partial charge on any atom is -0.444 e.